The maximum atomic E-state index is 5.60. The van der Waals surface area contributed by atoms with Gasteiger partial charge in [0.1, 0.15) is 5.01 Å². The second-order valence-electron chi connectivity index (χ2n) is 4.25. The van der Waals surface area contributed by atoms with Gasteiger partial charge in [-0.05, 0) is 11.8 Å². The molecule has 80 valence electrons. The molecule has 1 aromatic rings. The van der Waals surface area contributed by atoms with Crippen LogP contribution in [0.15, 0.2) is 0 Å². The molecule has 3 nitrogen and oxygen atoms in total. The molecular weight excluding hydrogens is 220 g/mol. The van der Waals surface area contributed by atoms with E-state index >= 15 is 0 Å². The van der Waals surface area contributed by atoms with Gasteiger partial charge in [0.05, 0.1) is 12.5 Å². The predicted molar refractivity (Wildman–Crippen MR) is 59.0 cm³/mol. The van der Waals surface area contributed by atoms with E-state index < -0.39 is 0 Å². The fourth-order valence-corrected chi connectivity index (χ4v) is 1.57. The summed E-state index contributed by atoms with van der Waals surface area (Å²) in [7, 11) is 0. The SMILES string of the molecule is CC(C)(C)CCOc1nnc(CCl)s1. The Labute approximate surface area is 93.5 Å². The standard InChI is InChI=1S/C9H15ClN2OS/c1-9(2,3)4-5-13-8-12-11-7(6-10)14-8/h4-6H2,1-3H3. The molecule has 1 aromatic heterocycles. The number of hydrogen-bond acceptors (Lipinski definition) is 4. The van der Waals surface area contributed by atoms with Crippen molar-refractivity contribution in [2.45, 2.75) is 33.1 Å². The summed E-state index contributed by atoms with van der Waals surface area (Å²) in [5, 5.41) is 9.15. The molecule has 0 bridgehead atoms. The Morgan fingerprint density at radius 2 is 2.07 bits per heavy atom. The van der Waals surface area contributed by atoms with Crippen molar-refractivity contribution in [1.82, 2.24) is 10.2 Å². The van der Waals surface area contributed by atoms with Crippen LogP contribution in [0.25, 0.3) is 0 Å². The lowest BCUT2D eigenvalue weighted by atomic mass is 9.93. The largest absolute Gasteiger partial charge is 0.469 e. The van der Waals surface area contributed by atoms with Crippen molar-refractivity contribution in [3.63, 3.8) is 0 Å². The van der Waals surface area contributed by atoms with Crippen molar-refractivity contribution in [3.8, 4) is 5.19 Å². The van der Waals surface area contributed by atoms with E-state index in [0.29, 0.717) is 23.1 Å². The minimum absolute atomic E-state index is 0.292. The van der Waals surface area contributed by atoms with Gasteiger partial charge in [-0.2, -0.15) is 0 Å². The first-order valence-corrected chi connectivity index (χ1v) is 5.87. The smallest absolute Gasteiger partial charge is 0.294 e. The first kappa shape index (κ1) is 11.7. The van der Waals surface area contributed by atoms with Gasteiger partial charge < -0.3 is 4.74 Å². The quantitative estimate of drug-likeness (QED) is 0.751. The molecule has 0 atom stereocenters. The van der Waals surface area contributed by atoms with Gasteiger partial charge in [0, 0.05) is 0 Å². The Morgan fingerprint density at radius 3 is 2.57 bits per heavy atom. The lowest BCUT2D eigenvalue weighted by molar-refractivity contribution is 0.241. The number of aromatic nitrogens is 2. The summed E-state index contributed by atoms with van der Waals surface area (Å²) in [6.07, 6.45) is 1.00. The number of alkyl halides is 1. The van der Waals surface area contributed by atoms with Crippen LogP contribution in [-0.2, 0) is 5.88 Å². The Hall–Kier alpha value is -0.350. The number of hydrogen-bond donors (Lipinski definition) is 0. The maximum Gasteiger partial charge on any atom is 0.294 e. The van der Waals surface area contributed by atoms with Crippen LogP contribution in [0.1, 0.15) is 32.2 Å². The molecule has 1 rings (SSSR count). The van der Waals surface area contributed by atoms with Crippen LogP contribution < -0.4 is 4.74 Å². The molecule has 0 fully saturated rings. The molecule has 0 saturated heterocycles. The van der Waals surface area contributed by atoms with Gasteiger partial charge in [-0.1, -0.05) is 32.1 Å². The van der Waals surface area contributed by atoms with Crippen molar-refractivity contribution in [3.05, 3.63) is 5.01 Å². The molecular formula is C9H15ClN2OS. The van der Waals surface area contributed by atoms with E-state index in [1.807, 2.05) is 0 Å². The van der Waals surface area contributed by atoms with Crippen molar-refractivity contribution in [2.24, 2.45) is 5.41 Å². The first-order chi connectivity index (χ1) is 6.51. The maximum absolute atomic E-state index is 5.60. The van der Waals surface area contributed by atoms with Crippen molar-refractivity contribution in [1.29, 1.82) is 0 Å². The van der Waals surface area contributed by atoms with Crippen molar-refractivity contribution >= 4 is 22.9 Å². The highest BCUT2D eigenvalue weighted by Crippen LogP contribution is 2.22. The normalized spacial score (nSPS) is 11.7. The molecule has 0 spiro atoms. The molecule has 0 amide bonds. The minimum atomic E-state index is 0.292. The number of rotatable bonds is 4. The molecule has 0 unspecified atom stereocenters. The summed E-state index contributed by atoms with van der Waals surface area (Å²) in [4.78, 5) is 0. The summed E-state index contributed by atoms with van der Waals surface area (Å²) in [5.74, 6) is 0.403. The zero-order valence-electron chi connectivity index (χ0n) is 8.71. The lowest BCUT2D eigenvalue weighted by Crippen LogP contribution is -2.10. The molecule has 1 heterocycles. The van der Waals surface area contributed by atoms with Crippen LogP contribution in [-0.4, -0.2) is 16.8 Å². The zero-order valence-corrected chi connectivity index (χ0v) is 10.3. The molecule has 5 heteroatoms. The number of halogens is 1. The average molecular weight is 235 g/mol. The van der Waals surface area contributed by atoms with Crippen LogP contribution in [0, 0.1) is 5.41 Å². The van der Waals surface area contributed by atoms with Gasteiger partial charge in [0.25, 0.3) is 5.19 Å². The second kappa shape index (κ2) is 4.94. The molecule has 0 aliphatic carbocycles. The van der Waals surface area contributed by atoms with E-state index in [1.54, 1.807) is 0 Å². The average Bonchev–Trinajstić information content (AvgIpc) is 2.50. The van der Waals surface area contributed by atoms with Crippen LogP contribution in [0.2, 0.25) is 0 Å². The van der Waals surface area contributed by atoms with Gasteiger partial charge in [0.15, 0.2) is 0 Å². The lowest BCUT2D eigenvalue weighted by Gasteiger charge is -2.16. The summed E-state index contributed by atoms with van der Waals surface area (Å²) in [5.41, 5.74) is 0.292. The van der Waals surface area contributed by atoms with E-state index in [1.165, 1.54) is 11.3 Å². The van der Waals surface area contributed by atoms with E-state index in [0.717, 1.165) is 11.4 Å². The first-order valence-electron chi connectivity index (χ1n) is 4.52. The number of ether oxygens (including phenoxy) is 1. The van der Waals surface area contributed by atoms with Crippen LogP contribution in [0.5, 0.6) is 5.19 Å². The monoisotopic (exact) mass is 234 g/mol. The number of nitrogens with zero attached hydrogens (tertiary/aromatic N) is 2. The highest BCUT2D eigenvalue weighted by molar-refractivity contribution is 7.13. The highest BCUT2D eigenvalue weighted by atomic mass is 35.5. The molecule has 0 saturated carbocycles. The third-order valence-corrected chi connectivity index (χ3v) is 2.89. The van der Waals surface area contributed by atoms with E-state index in [4.69, 9.17) is 16.3 Å². The van der Waals surface area contributed by atoms with E-state index in [2.05, 4.69) is 31.0 Å². The van der Waals surface area contributed by atoms with Crippen molar-refractivity contribution < 1.29 is 4.74 Å². The fourth-order valence-electron chi connectivity index (χ4n) is 0.795. The van der Waals surface area contributed by atoms with Gasteiger partial charge in [-0.25, -0.2) is 0 Å². The minimum Gasteiger partial charge on any atom is -0.469 e. The van der Waals surface area contributed by atoms with Gasteiger partial charge in [0.2, 0.25) is 0 Å². The summed E-state index contributed by atoms with van der Waals surface area (Å²) in [6.45, 7) is 7.22. The Morgan fingerprint density at radius 1 is 1.36 bits per heavy atom. The van der Waals surface area contributed by atoms with Crippen LogP contribution in [0.4, 0.5) is 0 Å². The third-order valence-electron chi connectivity index (χ3n) is 1.64. The predicted octanol–water partition coefficient (Wildman–Crippen LogP) is 3.09. The summed E-state index contributed by atoms with van der Waals surface area (Å²) < 4.78 is 5.45. The van der Waals surface area contributed by atoms with E-state index in [9.17, 15) is 0 Å². The molecule has 0 radical (unpaired) electrons. The molecule has 0 aliphatic rings. The van der Waals surface area contributed by atoms with Gasteiger partial charge >= 0.3 is 0 Å². The fraction of sp³-hybridized carbons (Fsp3) is 0.778. The zero-order chi connectivity index (χ0) is 10.6. The van der Waals surface area contributed by atoms with Crippen LogP contribution >= 0.6 is 22.9 Å². The van der Waals surface area contributed by atoms with E-state index in [-0.39, 0.29) is 0 Å². The van der Waals surface area contributed by atoms with Crippen molar-refractivity contribution in [2.75, 3.05) is 6.61 Å². The third kappa shape index (κ3) is 4.24. The Bertz CT molecular complexity index is 283. The Balaban J connectivity index is 2.31. The summed E-state index contributed by atoms with van der Waals surface area (Å²) in [6, 6.07) is 0. The second-order valence-corrected chi connectivity index (χ2v) is 5.55. The van der Waals surface area contributed by atoms with Gasteiger partial charge in [-0.15, -0.1) is 21.8 Å². The topological polar surface area (TPSA) is 35.0 Å². The molecule has 14 heavy (non-hydrogen) atoms. The highest BCUT2D eigenvalue weighted by Gasteiger charge is 2.11. The molecule has 0 N–H and O–H groups in total. The van der Waals surface area contributed by atoms with Crippen LogP contribution in [0.3, 0.4) is 0 Å². The molecule has 0 aromatic carbocycles. The Kier molecular flexibility index (Phi) is 4.13. The molecule has 0 aliphatic heterocycles. The summed E-state index contributed by atoms with van der Waals surface area (Å²) >= 11 is 7.01. The van der Waals surface area contributed by atoms with Gasteiger partial charge in [-0.3, -0.25) is 0 Å².